The minimum Gasteiger partial charge on any atom is -0.351 e. The quantitative estimate of drug-likeness (QED) is 0.255. The second kappa shape index (κ2) is 11.8. The average molecular weight is 621 g/mol. The molecule has 4 aliphatic rings. The van der Waals surface area contributed by atoms with Gasteiger partial charge in [0.15, 0.2) is 0 Å². The zero-order valence-corrected chi connectivity index (χ0v) is 25.9. The highest BCUT2D eigenvalue weighted by atomic mass is 35.5. The molecular formula is C31H37ClN8O2S. The number of amides is 2. The molecule has 3 aromatic rings. The Labute approximate surface area is 262 Å². The molecule has 2 atom stereocenters. The van der Waals surface area contributed by atoms with Crippen molar-refractivity contribution in [2.75, 3.05) is 18.4 Å². The van der Waals surface area contributed by atoms with Crippen molar-refractivity contribution < 1.29 is 9.59 Å². The molecule has 2 amide bonds. The molecule has 0 bridgehead atoms. The van der Waals surface area contributed by atoms with Crippen LogP contribution in [0.3, 0.4) is 0 Å². The Balaban J connectivity index is 0.955. The van der Waals surface area contributed by atoms with E-state index in [9.17, 15) is 9.59 Å². The molecule has 1 aromatic carbocycles. The molecule has 3 fully saturated rings. The van der Waals surface area contributed by atoms with Crippen molar-refractivity contribution in [1.82, 2.24) is 34.9 Å². The number of rotatable bonds is 8. The highest BCUT2D eigenvalue weighted by Crippen LogP contribution is 2.40. The molecule has 43 heavy (non-hydrogen) atoms. The van der Waals surface area contributed by atoms with E-state index < -0.39 is 0 Å². The van der Waals surface area contributed by atoms with Gasteiger partial charge in [-0.3, -0.25) is 29.4 Å². The molecule has 2 unspecified atom stereocenters. The van der Waals surface area contributed by atoms with E-state index in [1.54, 1.807) is 6.20 Å². The van der Waals surface area contributed by atoms with Gasteiger partial charge >= 0.3 is 0 Å². The summed E-state index contributed by atoms with van der Waals surface area (Å²) in [6, 6.07) is 6.56. The lowest BCUT2D eigenvalue weighted by Gasteiger charge is -2.33. The first kappa shape index (κ1) is 28.8. The molecule has 3 aliphatic heterocycles. The van der Waals surface area contributed by atoms with E-state index in [0.717, 1.165) is 61.6 Å². The highest BCUT2D eigenvalue weighted by molar-refractivity contribution is 7.80. The van der Waals surface area contributed by atoms with Crippen LogP contribution in [0.4, 0.5) is 5.95 Å². The van der Waals surface area contributed by atoms with Gasteiger partial charge in [0.25, 0.3) is 0 Å². The van der Waals surface area contributed by atoms with Gasteiger partial charge in [0.2, 0.25) is 17.8 Å². The van der Waals surface area contributed by atoms with E-state index in [2.05, 4.69) is 48.7 Å². The lowest BCUT2D eigenvalue weighted by molar-refractivity contribution is -0.137. The Morgan fingerprint density at radius 2 is 1.93 bits per heavy atom. The Morgan fingerprint density at radius 1 is 1.12 bits per heavy atom. The molecule has 12 heteroatoms. The van der Waals surface area contributed by atoms with Crippen LogP contribution in [0.1, 0.15) is 66.3 Å². The van der Waals surface area contributed by atoms with E-state index in [4.69, 9.17) is 29.2 Å². The summed E-state index contributed by atoms with van der Waals surface area (Å²) in [5, 5.41) is 10.9. The van der Waals surface area contributed by atoms with E-state index in [-0.39, 0.29) is 29.3 Å². The monoisotopic (exact) mass is 620 g/mol. The fourth-order valence-corrected chi connectivity index (χ4v) is 7.34. The molecule has 10 nitrogen and oxygen atoms in total. The third-order valence-electron chi connectivity index (χ3n) is 9.33. The molecular weight excluding hydrogens is 584 g/mol. The standard InChI is InChI=1S/C31H37ClN8O2S/c1-38-26(13-18-2-3-18)23(14-34-38)28-24(32)15-33-31(37-28)35-21-8-10-39(11-9-21)16-19-4-5-20-17-40(30(43)22(20)12-19)25-6-7-27(41)36-29(25)42/h4-5,12,14-15,18,21,25,30,43H,2-3,6-11,13,16-17H2,1H3,(H,33,35,37)(H,36,41,42). The number of benzene rings is 1. The summed E-state index contributed by atoms with van der Waals surface area (Å²) >= 11 is 11.5. The fraction of sp³-hybridized carbons (Fsp3) is 0.516. The number of fused-ring (bicyclic) bond motifs is 1. The van der Waals surface area contributed by atoms with Gasteiger partial charge in [0.05, 0.1) is 34.5 Å². The lowest BCUT2D eigenvalue weighted by Crippen LogP contribution is -2.51. The average Bonchev–Trinajstić information content (AvgIpc) is 3.67. The normalized spacial score (nSPS) is 23.4. The Hall–Kier alpha value is -2.99. The number of carbonyl (C=O) groups excluding carboxylic acids is 2. The summed E-state index contributed by atoms with van der Waals surface area (Å²) < 4.78 is 1.95. The first-order valence-corrected chi connectivity index (χ1v) is 16.1. The number of nitrogens with zero attached hydrogens (tertiary/aromatic N) is 6. The second-order valence-corrected chi connectivity index (χ2v) is 13.3. The maximum absolute atomic E-state index is 12.5. The summed E-state index contributed by atoms with van der Waals surface area (Å²) in [5.74, 6) is 0.942. The summed E-state index contributed by atoms with van der Waals surface area (Å²) in [6.07, 6.45) is 10.0. The van der Waals surface area contributed by atoms with E-state index >= 15 is 0 Å². The van der Waals surface area contributed by atoms with Crippen LogP contribution in [0.5, 0.6) is 0 Å². The minimum atomic E-state index is -0.322. The van der Waals surface area contributed by atoms with Crippen molar-refractivity contribution in [2.45, 2.75) is 75.5 Å². The Morgan fingerprint density at radius 3 is 2.70 bits per heavy atom. The molecule has 1 aliphatic carbocycles. The van der Waals surface area contributed by atoms with Crippen LogP contribution < -0.4 is 10.6 Å². The number of hydrogen-bond donors (Lipinski definition) is 3. The van der Waals surface area contributed by atoms with Gasteiger partial charge in [-0.1, -0.05) is 29.8 Å². The zero-order chi connectivity index (χ0) is 29.7. The van der Waals surface area contributed by atoms with Gasteiger partial charge in [0.1, 0.15) is 0 Å². The molecule has 5 heterocycles. The number of carbonyl (C=O) groups is 2. The number of aromatic nitrogens is 4. The molecule has 1 saturated carbocycles. The fourth-order valence-electron chi connectivity index (χ4n) is 6.67. The van der Waals surface area contributed by atoms with E-state index in [1.807, 2.05) is 17.9 Å². The summed E-state index contributed by atoms with van der Waals surface area (Å²) in [4.78, 5) is 38.0. The minimum absolute atomic E-state index is 0.158. The predicted molar refractivity (Wildman–Crippen MR) is 167 cm³/mol. The molecule has 2 aromatic heterocycles. The SMILES string of the molecule is Cn1ncc(-c2nc(NC3CCN(Cc4ccc5c(c4)C(S)N(C4CCC(=O)NC4=O)C5)CC3)ncc2Cl)c1CC1CC1. The van der Waals surface area contributed by atoms with E-state index in [1.165, 1.54) is 29.7 Å². The largest absolute Gasteiger partial charge is 0.351 e. The molecule has 226 valence electrons. The third kappa shape index (κ3) is 6.05. The van der Waals surface area contributed by atoms with Gasteiger partial charge in [-0.15, -0.1) is 0 Å². The number of nitrogens with one attached hydrogen (secondary N) is 2. The Bertz CT molecular complexity index is 1550. The smallest absolute Gasteiger partial charge is 0.243 e. The van der Waals surface area contributed by atoms with Gasteiger partial charge in [-0.2, -0.15) is 17.7 Å². The molecule has 0 radical (unpaired) electrons. The van der Waals surface area contributed by atoms with Crippen molar-refractivity contribution >= 4 is 42.0 Å². The van der Waals surface area contributed by atoms with Crippen LogP contribution in [-0.4, -0.2) is 66.5 Å². The highest BCUT2D eigenvalue weighted by Gasteiger charge is 2.39. The van der Waals surface area contributed by atoms with Crippen LogP contribution in [0, 0.1) is 5.92 Å². The zero-order valence-electron chi connectivity index (χ0n) is 24.3. The second-order valence-electron chi connectivity index (χ2n) is 12.4. The number of piperidine rings is 2. The van der Waals surface area contributed by atoms with Crippen LogP contribution in [0.25, 0.3) is 11.3 Å². The Kier molecular flexibility index (Phi) is 7.92. The molecule has 2 saturated heterocycles. The predicted octanol–water partition coefficient (Wildman–Crippen LogP) is 4.11. The number of likely N-dealkylation sites (tertiary alicyclic amines) is 1. The van der Waals surface area contributed by atoms with Crippen LogP contribution in [0.15, 0.2) is 30.6 Å². The van der Waals surface area contributed by atoms with Crippen molar-refractivity contribution in [3.8, 4) is 11.3 Å². The maximum atomic E-state index is 12.5. The molecule has 0 spiro atoms. The first-order valence-electron chi connectivity index (χ1n) is 15.2. The lowest BCUT2D eigenvalue weighted by atomic mass is 10.0. The first-order chi connectivity index (χ1) is 20.8. The summed E-state index contributed by atoms with van der Waals surface area (Å²) in [5.41, 5.74) is 6.53. The number of anilines is 1. The van der Waals surface area contributed by atoms with Crippen LogP contribution >= 0.6 is 24.2 Å². The number of halogens is 1. The van der Waals surface area contributed by atoms with Crippen LogP contribution in [-0.2, 0) is 36.1 Å². The van der Waals surface area contributed by atoms with Crippen molar-refractivity contribution in [3.63, 3.8) is 0 Å². The summed E-state index contributed by atoms with van der Waals surface area (Å²) in [6.45, 7) is 3.47. The molecule has 7 rings (SSSR count). The third-order valence-corrected chi connectivity index (χ3v) is 10.2. The topological polar surface area (TPSA) is 108 Å². The van der Waals surface area contributed by atoms with Gasteiger partial charge in [-0.05, 0) is 61.1 Å². The maximum Gasteiger partial charge on any atom is 0.243 e. The van der Waals surface area contributed by atoms with Gasteiger partial charge < -0.3 is 5.32 Å². The van der Waals surface area contributed by atoms with Crippen LogP contribution in [0.2, 0.25) is 5.02 Å². The van der Waals surface area contributed by atoms with E-state index in [0.29, 0.717) is 30.4 Å². The van der Waals surface area contributed by atoms with Crippen molar-refractivity contribution in [3.05, 3.63) is 58.0 Å². The summed E-state index contributed by atoms with van der Waals surface area (Å²) in [7, 11) is 1.99. The van der Waals surface area contributed by atoms with Gasteiger partial charge in [0, 0.05) is 56.9 Å². The van der Waals surface area contributed by atoms with Crippen molar-refractivity contribution in [1.29, 1.82) is 0 Å². The number of hydrogen-bond acceptors (Lipinski definition) is 9. The van der Waals surface area contributed by atoms with Gasteiger partial charge in [-0.25, -0.2) is 9.97 Å². The van der Waals surface area contributed by atoms with Crippen molar-refractivity contribution in [2.24, 2.45) is 13.0 Å². The molecule has 2 N–H and O–H groups in total. The number of thiol groups is 1. The number of aryl methyl sites for hydroxylation is 1. The number of imide groups is 1.